The molecular formula is C14H21FN4O4S. The zero-order valence-corrected chi connectivity index (χ0v) is 14.0. The van der Waals surface area contributed by atoms with Crippen LogP contribution in [-0.4, -0.2) is 50.6 Å². The molecule has 10 heteroatoms. The number of nitro groups is 1. The SMILES string of the molecule is NS(=O)(=O)c1ccc(NC2CCN(CCCF)CC2)c([N+](=O)[O-])c1. The highest BCUT2D eigenvalue weighted by atomic mass is 32.2. The molecule has 8 nitrogen and oxygen atoms in total. The van der Waals surface area contributed by atoms with Gasteiger partial charge >= 0.3 is 0 Å². The minimum atomic E-state index is -3.99. The fourth-order valence-electron chi connectivity index (χ4n) is 2.77. The summed E-state index contributed by atoms with van der Waals surface area (Å²) in [6.07, 6.45) is 2.07. The molecule has 1 heterocycles. The highest BCUT2D eigenvalue weighted by molar-refractivity contribution is 7.89. The van der Waals surface area contributed by atoms with E-state index < -0.39 is 14.9 Å². The number of hydrogen-bond acceptors (Lipinski definition) is 6. The third-order valence-electron chi connectivity index (χ3n) is 4.05. The Kier molecular flexibility index (Phi) is 6.08. The van der Waals surface area contributed by atoms with Crippen LogP contribution >= 0.6 is 0 Å². The molecule has 1 saturated heterocycles. The fourth-order valence-corrected chi connectivity index (χ4v) is 3.30. The Balaban J connectivity index is 2.06. The van der Waals surface area contributed by atoms with E-state index in [4.69, 9.17) is 5.14 Å². The number of anilines is 1. The van der Waals surface area contributed by atoms with E-state index in [0.717, 1.165) is 32.0 Å². The highest BCUT2D eigenvalue weighted by Gasteiger charge is 2.23. The van der Waals surface area contributed by atoms with Crippen molar-refractivity contribution in [3.8, 4) is 0 Å². The van der Waals surface area contributed by atoms with Crippen molar-refractivity contribution in [1.82, 2.24) is 4.90 Å². The van der Waals surface area contributed by atoms with Gasteiger partial charge in [0.15, 0.2) is 0 Å². The molecule has 1 aromatic rings. The van der Waals surface area contributed by atoms with Gasteiger partial charge in [-0.05, 0) is 31.4 Å². The number of primary sulfonamides is 1. The number of nitrogens with zero attached hydrogens (tertiary/aromatic N) is 2. The van der Waals surface area contributed by atoms with Crippen molar-refractivity contribution in [2.45, 2.75) is 30.2 Å². The van der Waals surface area contributed by atoms with Crippen molar-refractivity contribution in [2.75, 3.05) is 31.6 Å². The van der Waals surface area contributed by atoms with Gasteiger partial charge in [0.2, 0.25) is 10.0 Å². The molecule has 24 heavy (non-hydrogen) atoms. The summed E-state index contributed by atoms with van der Waals surface area (Å²) in [6, 6.07) is 3.63. The van der Waals surface area contributed by atoms with Crippen molar-refractivity contribution in [3.63, 3.8) is 0 Å². The Bertz CT molecular complexity index is 690. The van der Waals surface area contributed by atoms with E-state index in [-0.39, 0.29) is 29.0 Å². The van der Waals surface area contributed by atoms with E-state index in [2.05, 4.69) is 10.2 Å². The van der Waals surface area contributed by atoms with Gasteiger partial charge in [0, 0.05) is 31.7 Å². The van der Waals surface area contributed by atoms with Crippen LogP contribution in [0.4, 0.5) is 15.8 Å². The number of piperidine rings is 1. The number of nitrogens with one attached hydrogen (secondary N) is 1. The summed E-state index contributed by atoms with van der Waals surface area (Å²) in [4.78, 5) is 12.4. The summed E-state index contributed by atoms with van der Waals surface area (Å²) >= 11 is 0. The largest absolute Gasteiger partial charge is 0.377 e. The third kappa shape index (κ3) is 4.86. The summed E-state index contributed by atoms with van der Waals surface area (Å²) < 4.78 is 34.9. The molecule has 0 aromatic heterocycles. The predicted molar refractivity (Wildman–Crippen MR) is 88.1 cm³/mol. The van der Waals surface area contributed by atoms with Gasteiger partial charge in [-0.1, -0.05) is 0 Å². The number of rotatable bonds is 7. The first-order valence-corrected chi connectivity index (χ1v) is 9.22. The highest BCUT2D eigenvalue weighted by Crippen LogP contribution is 2.29. The second-order valence-electron chi connectivity index (χ2n) is 5.78. The van der Waals surface area contributed by atoms with E-state index in [1.54, 1.807) is 0 Å². The molecule has 0 radical (unpaired) electrons. The third-order valence-corrected chi connectivity index (χ3v) is 4.96. The molecule has 134 valence electrons. The first-order chi connectivity index (χ1) is 11.3. The van der Waals surface area contributed by atoms with E-state index >= 15 is 0 Å². The Morgan fingerprint density at radius 3 is 2.58 bits per heavy atom. The molecule has 1 aliphatic heterocycles. The molecule has 1 fully saturated rings. The summed E-state index contributed by atoms with van der Waals surface area (Å²) in [7, 11) is -3.99. The molecule has 1 aliphatic rings. The van der Waals surface area contributed by atoms with E-state index in [1.807, 2.05) is 0 Å². The van der Waals surface area contributed by atoms with Gasteiger partial charge in [-0.15, -0.1) is 0 Å². The smallest absolute Gasteiger partial charge is 0.293 e. The lowest BCUT2D eigenvalue weighted by atomic mass is 10.0. The number of alkyl halides is 1. The van der Waals surface area contributed by atoms with Gasteiger partial charge in [-0.2, -0.15) is 0 Å². The quantitative estimate of drug-likeness (QED) is 0.561. The Morgan fingerprint density at radius 2 is 2.04 bits per heavy atom. The topological polar surface area (TPSA) is 119 Å². The average Bonchev–Trinajstić information content (AvgIpc) is 2.53. The van der Waals surface area contributed by atoms with Gasteiger partial charge < -0.3 is 10.2 Å². The maximum atomic E-state index is 12.2. The predicted octanol–water partition coefficient (Wildman–Crippen LogP) is 1.48. The number of benzene rings is 1. The zero-order chi connectivity index (χ0) is 17.7. The van der Waals surface area contributed by atoms with Crippen LogP contribution < -0.4 is 10.5 Å². The van der Waals surface area contributed by atoms with Crippen molar-refractivity contribution >= 4 is 21.4 Å². The van der Waals surface area contributed by atoms with Crippen LogP contribution in [0.1, 0.15) is 19.3 Å². The van der Waals surface area contributed by atoms with Gasteiger partial charge in [-0.3, -0.25) is 14.5 Å². The number of nitro benzene ring substituents is 1. The van der Waals surface area contributed by atoms with Crippen LogP contribution in [0, 0.1) is 10.1 Å². The van der Waals surface area contributed by atoms with Crippen molar-refractivity contribution in [2.24, 2.45) is 5.14 Å². The molecule has 3 N–H and O–H groups in total. The first kappa shape index (κ1) is 18.6. The monoisotopic (exact) mass is 360 g/mol. The molecule has 0 atom stereocenters. The van der Waals surface area contributed by atoms with E-state index in [0.29, 0.717) is 13.0 Å². The number of hydrogen-bond donors (Lipinski definition) is 2. The number of sulfonamides is 1. The molecule has 0 aliphatic carbocycles. The summed E-state index contributed by atoms with van der Waals surface area (Å²) in [5, 5.41) is 19.3. The molecule has 2 rings (SSSR count). The maximum absolute atomic E-state index is 12.2. The average molecular weight is 360 g/mol. The lowest BCUT2D eigenvalue weighted by Crippen LogP contribution is -2.39. The molecule has 0 amide bonds. The van der Waals surface area contributed by atoms with Crippen LogP contribution in [0.3, 0.4) is 0 Å². The van der Waals surface area contributed by atoms with E-state index in [1.165, 1.54) is 12.1 Å². The van der Waals surface area contributed by atoms with Gasteiger partial charge in [0.05, 0.1) is 16.5 Å². The summed E-state index contributed by atoms with van der Waals surface area (Å²) in [6.45, 7) is 1.97. The Hall–Kier alpha value is -1.78. The normalized spacial score (nSPS) is 16.9. The molecule has 0 unspecified atom stereocenters. The van der Waals surface area contributed by atoms with Crippen LogP contribution in [0.25, 0.3) is 0 Å². The Labute approximate surface area is 140 Å². The lowest BCUT2D eigenvalue weighted by Gasteiger charge is -2.32. The van der Waals surface area contributed by atoms with Crippen molar-refractivity contribution in [3.05, 3.63) is 28.3 Å². The number of nitrogens with two attached hydrogens (primary N) is 1. The number of likely N-dealkylation sites (tertiary alicyclic amines) is 1. The van der Waals surface area contributed by atoms with Gasteiger partial charge in [-0.25, -0.2) is 13.6 Å². The first-order valence-electron chi connectivity index (χ1n) is 7.67. The molecule has 1 aromatic carbocycles. The van der Waals surface area contributed by atoms with E-state index in [9.17, 15) is 22.9 Å². The molecule has 0 spiro atoms. The fraction of sp³-hybridized carbons (Fsp3) is 0.571. The van der Waals surface area contributed by atoms with Crippen molar-refractivity contribution in [1.29, 1.82) is 0 Å². The Morgan fingerprint density at radius 1 is 1.38 bits per heavy atom. The van der Waals surface area contributed by atoms with Crippen molar-refractivity contribution < 1.29 is 17.7 Å². The van der Waals surface area contributed by atoms with Crippen LogP contribution in [0.2, 0.25) is 0 Å². The lowest BCUT2D eigenvalue weighted by molar-refractivity contribution is -0.384. The second kappa shape index (κ2) is 7.86. The summed E-state index contributed by atoms with van der Waals surface area (Å²) in [5.74, 6) is 0. The zero-order valence-electron chi connectivity index (χ0n) is 13.2. The second-order valence-corrected chi connectivity index (χ2v) is 7.35. The van der Waals surface area contributed by atoms with Crippen LogP contribution in [-0.2, 0) is 10.0 Å². The van der Waals surface area contributed by atoms with Gasteiger partial charge in [0.25, 0.3) is 5.69 Å². The number of halogens is 1. The van der Waals surface area contributed by atoms with Crippen LogP contribution in [0.5, 0.6) is 0 Å². The van der Waals surface area contributed by atoms with Crippen LogP contribution in [0.15, 0.2) is 23.1 Å². The standard InChI is InChI=1S/C14H21FN4O4S/c15-6-1-7-18-8-4-11(5-9-18)17-13-3-2-12(24(16,22)23)10-14(13)19(20)21/h2-3,10-11,17H,1,4-9H2,(H2,16,22,23). The maximum Gasteiger partial charge on any atom is 0.293 e. The molecule has 0 bridgehead atoms. The molecular weight excluding hydrogens is 339 g/mol. The summed E-state index contributed by atoms with van der Waals surface area (Å²) in [5.41, 5.74) is -0.0454. The molecule has 0 saturated carbocycles. The minimum absolute atomic E-state index is 0.0469. The minimum Gasteiger partial charge on any atom is -0.377 e. The van der Waals surface area contributed by atoms with Gasteiger partial charge in [0.1, 0.15) is 5.69 Å².